The second-order valence-corrected chi connectivity index (χ2v) is 5.00. The van der Waals surface area contributed by atoms with Crippen LogP contribution in [-0.4, -0.2) is 10.9 Å². The van der Waals surface area contributed by atoms with E-state index in [0.717, 1.165) is 9.13 Å². The SMILES string of the molecule is Cc1cc(I)ccc1NC(=O)c1cccnc1F. The van der Waals surface area contributed by atoms with Crippen molar-refractivity contribution >= 4 is 34.2 Å². The van der Waals surface area contributed by atoms with Crippen LogP contribution in [0.5, 0.6) is 0 Å². The minimum Gasteiger partial charge on any atom is -0.322 e. The molecule has 0 radical (unpaired) electrons. The average molecular weight is 356 g/mol. The highest BCUT2D eigenvalue weighted by molar-refractivity contribution is 14.1. The molecule has 0 saturated heterocycles. The molecule has 18 heavy (non-hydrogen) atoms. The molecule has 2 rings (SSSR count). The Balaban J connectivity index is 2.24. The number of halogens is 2. The predicted molar refractivity (Wildman–Crippen MR) is 76.0 cm³/mol. The number of hydrogen-bond acceptors (Lipinski definition) is 2. The van der Waals surface area contributed by atoms with Crippen LogP contribution in [0, 0.1) is 16.4 Å². The van der Waals surface area contributed by atoms with Crippen LogP contribution in [0.25, 0.3) is 0 Å². The van der Waals surface area contributed by atoms with Gasteiger partial charge in [0.05, 0.1) is 5.56 Å². The second-order valence-electron chi connectivity index (χ2n) is 3.76. The Labute approximate surface area is 118 Å². The summed E-state index contributed by atoms with van der Waals surface area (Å²) in [6, 6.07) is 8.54. The number of benzene rings is 1. The van der Waals surface area contributed by atoms with Gasteiger partial charge in [0.15, 0.2) is 0 Å². The highest BCUT2D eigenvalue weighted by Gasteiger charge is 2.12. The van der Waals surface area contributed by atoms with Crippen LogP contribution < -0.4 is 5.32 Å². The van der Waals surface area contributed by atoms with E-state index in [1.54, 1.807) is 6.07 Å². The maximum absolute atomic E-state index is 13.3. The molecular formula is C13H10FIN2O. The lowest BCUT2D eigenvalue weighted by atomic mass is 10.2. The van der Waals surface area contributed by atoms with Crippen LogP contribution >= 0.6 is 22.6 Å². The van der Waals surface area contributed by atoms with Gasteiger partial charge < -0.3 is 5.32 Å². The van der Waals surface area contributed by atoms with E-state index in [1.807, 2.05) is 19.1 Å². The molecule has 1 aromatic carbocycles. The molecule has 3 nitrogen and oxygen atoms in total. The van der Waals surface area contributed by atoms with E-state index in [-0.39, 0.29) is 5.56 Å². The number of aromatic nitrogens is 1. The van der Waals surface area contributed by atoms with Crippen molar-refractivity contribution in [2.24, 2.45) is 0 Å². The number of carbonyl (C=O) groups is 1. The lowest BCUT2D eigenvalue weighted by Crippen LogP contribution is -2.15. The quantitative estimate of drug-likeness (QED) is 0.662. The zero-order chi connectivity index (χ0) is 13.1. The number of anilines is 1. The molecule has 5 heteroatoms. The van der Waals surface area contributed by atoms with Crippen LogP contribution in [0.15, 0.2) is 36.5 Å². The number of rotatable bonds is 2. The predicted octanol–water partition coefficient (Wildman–Crippen LogP) is 3.39. The van der Waals surface area contributed by atoms with Gasteiger partial charge in [-0.3, -0.25) is 4.79 Å². The third kappa shape index (κ3) is 2.84. The van der Waals surface area contributed by atoms with Crippen molar-refractivity contribution in [2.75, 3.05) is 5.32 Å². The molecule has 0 aliphatic carbocycles. The fraction of sp³-hybridized carbons (Fsp3) is 0.0769. The number of nitrogens with one attached hydrogen (secondary N) is 1. The smallest absolute Gasteiger partial charge is 0.260 e. The topological polar surface area (TPSA) is 42.0 Å². The summed E-state index contributed by atoms with van der Waals surface area (Å²) in [7, 11) is 0. The van der Waals surface area contributed by atoms with Crippen LogP contribution in [0.2, 0.25) is 0 Å². The molecule has 0 unspecified atom stereocenters. The van der Waals surface area contributed by atoms with E-state index in [1.165, 1.54) is 18.3 Å². The summed E-state index contributed by atoms with van der Waals surface area (Å²) in [6.07, 6.45) is 1.31. The van der Waals surface area contributed by atoms with Gasteiger partial charge >= 0.3 is 0 Å². The number of hydrogen-bond donors (Lipinski definition) is 1. The minimum absolute atomic E-state index is 0.0598. The molecule has 1 heterocycles. The van der Waals surface area contributed by atoms with Crippen molar-refractivity contribution < 1.29 is 9.18 Å². The van der Waals surface area contributed by atoms with E-state index < -0.39 is 11.9 Å². The fourth-order valence-corrected chi connectivity index (χ4v) is 2.16. The first-order valence-corrected chi connectivity index (χ1v) is 6.34. The summed E-state index contributed by atoms with van der Waals surface area (Å²) in [5.74, 6) is -1.26. The van der Waals surface area contributed by atoms with E-state index in [2.05, 4.69) is 32.9 Å². The maximum Gasteiger partial charge on any atom is 0.260 e. The Morgan fingerprint density at radius 1 is 1.39 bits per heavy atom. The van der Waals surface area contributed by atoms with Gasteiger partial charge in [-0.05, 0) is 65.4 Å². The first-order chi connectivity index (χ1) is 8.58. The Morgan fingerprint density at radius 2 is 2.17 bits per heavy atom. The minimum atomic E-state index is -0.766. The molecule has 0 aliphatic rings. The van der Waals surface area contributed by atoms with E-state index in [9.17, 15) is 9.18 Å². The van der Waals surface area contributed by atoms with Gasteiger partial charge in [0.2, 0.25) is 5.95 Å². The van der Waals surface area contributed by atoms with Crippen LogP contribution in [-0.2, 0) is 0 Å². The number of aryl methyl sites for hydroxylation is 1. The van der Waals surface area contributed by atoms with E-state index in [0.29, 0.717) is 5.69 Å². The third-order valence-corrected chi connectivity index (χ3v) is 3.11. The first-order valence-electron chi connectivity index (χ1n) is 5.26. The molecule has 0 atom stereocenters. The third-order valence-electron chi connectivity index (χ3n) is 2.44. The van der Waals surface area contributed by atoms with E-state index in [4.69, 9.17) is 0 Å². The number of pyridine rings is 1. The molecule has 0 saturated carbocycles. The monoisotopic (exact) mass is 356 g/mol. The second kappa shape index (κ2) is 5.43. The number of amides is 1. The highest BCUT2D eigenvalue weighted by atomic mass is 127. The van der Waals surface area contributed by atoms with Gasteiger partial charge in [0.1, 0.15) is 0 Å². The Hall–Kier alpha value is -1.50. The summed E-state index contributed by atoms with van der Waals surface area (Å²) < 4.78 is 14.4. The zero-order valence-electron chi connectivity index (χ0n) is 9.58. The molecule has 1 aromatic heterocycles. The maximum atomic E-state index is 13.3. The molecule has 0 spiro atoms. The van der Waals surface area contributed by atoms with Crippen molar-refractivity contribution in [1.29, 1.82) is 0 Å². The number of carbonyl (C=O) groups excluding carboxylic acids is 1. The van der Waals surface area contributed by atoms with Gasteiger partial charge in [0.25, 0.3) is 5.91 Å². The molecule has 0 fully saturated rings. The van der Waals surface area contributed by atoms with Crippen LogP contribution in [0.3, 0.4) is 0 Å². The van der Waals surface area contributed by atoms with Crippen molar-refractivity contribution in [1.82, 2.24) is 4.98 Å². The van der Waals surface area contributed by atoms with Gasteiger partial charge in [0, 0.05) is 15.5 Å². The largest absolute Gasteiger partial charge is 0.322 e. The van der Waals surface area contributed by atoms with Gasteiger partial charge in [-0.15, -0.1) is 0 Å². The van der Waals surface area contributed by atoms with Crippen molar-refractivity contribution in [3.05, 3.63) is 57.2 Å². The number of nitrogens with zero attached hydrogens (tertiary/aromatic N) is 1. The van der Waals surface area contributed by atoms with E-state index >= 15 is 0 Å². The summed E-state index contributed by atoms with van der Waals surface area (Å²) in [5, 5.41) is 2.67. The Morgan fingerprint density at radius 3 is 2.83 bits per heavy atom. The molecule has 1 amide bonds. The lowest BCUT2D eigenvalue weighted by molar-refractivity contribution is 0.102. The van der Waals surface area contributed by atoms with Crippen molar-refractivity contribution in [2.45, 2.75) is 6.92 Å². The highest BCUT2D eigenvalue weighted by Crippen LogP contribution is 2.18. The molecular weight excluding hydrogens is 346 g/mol. The lowest BCUT2D eigenvalue weighted by Gasteiger charge is -2.08. The molecule has 0 bridgehead atoms. The fourth-order valence-electron chi connectivity index (χ4n) is 1.51. The van der Waals surface area contributed by atoms with Crippen molar-refractivity contribution in [3.63, 3.8) is 0 Å². The van der Waals surface area contributed by atoms with Crippen LogP contribution in [0.4, 0.5) is 10.1 Å². The average Bonchev–Trinajstić information content (AvgIpc) is 2.33. The summed E-state index contributed by atoms with van der Waals surface area (Å²) >= 11 is 2.19. The zero-order valence-corrected chi connectivity index (χ0v) is 11.7. The van der Waals surface area contributed by atoms with Crippen LogP contribution in [0.1, 0.15) is 15.9 Å². The molecule has 92 valence electrons. The Bertz CT molecular complexity index is 601. The molecule has 2 aromatic rings. The molecule has 1 N–H and O–H groups in total. The van der Waals surface area contributed by atoms with Gasteiger partial charge in [-0.1, -0.05) is 0 Å². The normalized spacial score (nSPS) is 10.2. The summed E-state index contributed by atoms with van der Waals surface area (Å²) in [4.78, 5) is 15.3. The molecule has 0 aliphatic heterocycles. The van der Waals surface area contributed by atoms with Gasteiger partial charge in [-0.2, -0.15) is 4.39 Å². The summed E-state index contributed by atoms with van der Waals surface area (Å²) in [5.41, 5.74) is 1.54. The summed E-state index contributed by atoms with van der Waals surface area (Å²) in [6.45, 7) is 1.89. The Kier molecular flexibility index (Phi) is 3.90. The standard InChI is InChI=1S/C13H10FIN2O/c1-8-7-9(15)4-5-11(8)17-13(18)10-3-2-6-16-12(10)14/h2-7H,1H3,(H,17,18). The van der Waals surface area contributed by atoms with Crippen molar-refractivity contribution in [3.8, 4) is 0 Å². The van der Waals surface area contributed by atoms with Gasteiger partial charge in [-0.25, -0.2) is 4.98 Å². The first kappa shape index (κ1) is 12.9.